The zero-order chi connectivity index (χ0) is 42.4. The number of ketones is 1. The van der Waals surface area contributed by atoms with Crippen molar-refractivity contribution in [2.24, 2.45) is 23.7 Å². The molecule has 3 aliphatic carbocycles. The van der Waals surface area contributed by atoms with Crippen LogP contribution in [0, 0.1) is 23.7 Å². The zero-order valence-corrected chi connectivity index (χ0v) is 38.4. The lowest BCUT2D eigenvalue weighted by atomic mass is 9.67. The van der Waals surface area contributed by atoms with Gasteiger partial charge >= 0.3 is 5.97 Å². The second-order valence-electron chi connectivity index (χ2n) is 18.2. The number of likely N-dealkylation sites (N-methyl/N-ethyl adjacent to an activating group) is 1. The number of ether oxygens (including phenoxy) is 8. The fourth-order valence-corrected chi connectivity index (χ4v) is 13.7. The van der Waals surface area contributed by atoms with Crippen molar-refractivity contribution in [3.63, 3.8) is 0 Å². The SMILES string of the molecule is CC[C@H]1CCC[C@H](O[C@H]2CC[C@H](N(C)C)C(C)O2)[C@@H](C)C(=O)C2=C[C@H]3[C@@H]4C[C@H](O[C@@H]5OC(C)[C@H](OC)C(OC)[C@@H]5OC)C[C@H]4c4nc(-c5cccs5)sc4[C@H]3[C@@H]2CC(=O)O1. The highest BCUT2D eigenvalue weighted by atomic mass is 32.1. The minimum atomic E-state index is -0.652. The summed E-state index contributed by atoms with van der Waals surface area (Å²) in [6.45, 7) is 8.19. The molecule has 5 heterocycles. The van der Waals surface area contributed by atoms with E-state index < -0.39 is 18.3 Å². The third-order valence-corrected chi connectivity index (χ3v) is 16.8. The highest BCUT2D eigenvalue weighted by Gasteiger charge is 2.57. The van der Waals surface area contributed by atoms with Crippen LogP contribution >= 0.6 is 22.7 Å². The van der Waals surface area contributed by atoms with E-state index in [-0.39, 0.29) is 96.8 Å². The van der Waals surface area contributed by atoms with Gasteiger partial charge in [0, 0.05) is 55.9 Å². The maximum atomic E-state index is 15.2. The first-order chi connectivity index (χ1) is 28.9. The van der Waals surface area contributed by atoms with Gasteiger partial charge < -0.3 is 42.8 Å². The van der Waals surface area contributed by atoms with Crippen LogP contribution in [0.2, 0.25) is 0 Å². The molecule has 2 aromatic rings. The molecule has 14 heteroatoms. The van der Waals surface area contributed by atoms with Gasteiger partial charge in [0.15, 0.2) is 18.4 Å². The van der Waals surface area contributed by atoms with Gasteiger partial charge in [-0.1, -0.05) is 26.0 Å². The van der Waals surface area contributed by atoms with Crippen LogP contribution in [0.1, 0.15) is 108 Å². The average molecular weight is 871 g/mol. The van der Waals surface area contributed by atoms with Crippen LogP contribution in [-0.4, -0.2) is 125 Å². The summed E-state index contributed by atoms with van der Waals surface area (Å²) in [7, 11) is 9.17. The Labute approximate surface area is 363 Å². The molecule has 8 rings (SSSR count). The lowest BCUT2D eigenvalue weighted by Crippen LogP contribution is -2.59. The largest absolute Gasteiger partial charge is 0.462 e. The van der Waals surface area contributed by atoms with Gasteiger partial charge in [-0.25, -0.2) is 4.98 Å². The Bertz CT molecular complexity index is 1820. The molecule has 3 aliphatic heterocycles. The number of hydrogen-bond acceptors (Lipinski definition) is 14. The molecule has 12 nitrogen and oxygen atoms in total. The number of carbonyl (C=O) groups excluding carboxylic acids is 2. The van der Waals surface area contributed by atoms with Gasteiger partial charge in [0.05, 0.1) is 41.4 Å². The first kappa shape index (κ1) is 44.5. The summed E-state index contributed by atoms with van der Waals surface area (Å²) in [6.07, 6.45) is 5.48. The summed E-state index contributed by atoms with van der Waals surface area (Å²) in [5, 5.41) is 3.07. The van der Waals surface area contributed by atoms with E-state index in [9.17, 15) is 4.79 Å². The van der Waals surface area contributed by atoms with Gasteiger partial charge in [0.2, 0.25) is 0 Å². The van der Waals surface area contributed by atoms with E-state index in [1.54, 1.807) is 44.0 Å². The molecule has 6 aliphatic rings. The molecule has 0 radical (unpaired) electrons. The average Bonchev–Trinajstić information content (AvgIpc) is 4.05. The number of rotatable bonds is 10. The lowest BCUT2D eigenvalue weighted by molar-refractivity contribution is -0.314. The van der Waals surface area contributed by atoms with Crippen molar-refractivity contribution in [1.29, 1.82) is 0 Å². The number of hydrogen-bond donors (Lipinski definition) is 0. The summed E-state index contributed by atoms with van der Waals surface area (Å²) in [5.74, 6) is -0.748. The normalized spacial score (nSPS) is 41.1. The van der Waals surface area contributed by atoms with E-state index in [0.717, 1.165) is 66.1 Å². The molecular formula is C46H66N2O10S2. The molecule has 332 valence electrons. The summed E-state index contributed by atoms with van der Waals surface area (Å²) in [4.78, 5) is 39.1. The molecule has 0 aromatic carbocycles. The number of cyclic esters (lactones) is 1. The molecule has 2 aromatic heterocycles. The number of nitrogens with zero attached hydrogens (tertiary/aromatic N) is 2. The summed E-state index contributed by atoms with van der Waals surface area (Å²) < 4.78 is 50.5. The van der Waals surface area contributed by atoms with E-state index in [1.165, 1.54) is 4.88 Å². The zero-order valence-electron chi connectivity index (χ0n) is 36.8. The van der Waals surface area contributed by atoms with Crippen LogP contribution in [0.5, 0.6) is 0 Å². The summed E-state index contributed by atoms with van der Waals surface area (Å²) in [5.41, 5.74) is 1.82. The molecule has 17 atom stereocenters. The smallest absolute Gasteiger partial charge is 0.306 e. The van der Waals surface area contributed by atoms with Gasteiger partial charge in [-0.3, -0.25) is 9.59 Å². The van der Waals surface area contributed by atoms with Crippen molar-refractivity contribution >= 4 is 34.4 Å². The maximum Gasteiger partial charge on any atom is 0.306 e. The molecule has 0 N–H and O–H groups in total. The number of carbonyl (C=O) groups is 2. The molecular weight excluding hydrogens is 805 g/mol. The number of esters is 1. The fraction of sp³-hybridized carbons (Fsp3) is 0.761. The van der Waals surface area contributed by atoms with E-state index in [4.69, 9.17) is 42.9 Å². The topological polar surface area (TPSA) is 124 Å². The van der Waals surface area contributed by atoms with Gasteiger partial charge in [0.25, 0.3) is 0 Å². The molecule has 3 unspecified atom stereocenters. The maximum absolute atomic E-state index is 15.2. The van der Waals surface area contributed by atoms with Crippen LogP contribution in [0.3, 0.4) is 0 Å². The Kier molecular flexibility index (Phi) is 14.0. The van der Waals surface area contributed by atoms with Crippen LogP contribution < -0.4 is 0 Å². The predicted octanol–water partition coefficient (Wildman–Crippen LogP) is 7.75. The van der Waals surface area contributed by atoms with Gasteiger partial charge in [-0.2, -0.15) is 0 Å². The third kappa shape index (κ3) is 8.60. The fourth-order valence-electron chi connectivity index (χ4n) is 11.6. The summed E-state index contributed by atoms with van der Waals surface area (Å²) in [6, 6.07) is 4.50. The highest BCUT2D eigenvalue weighted by Crippen LogP contribution is 2.63. The van der Waals surface area contributed by atoms with Crippen LogP contribution in [0.15, 0.2) is 29.2 Å². The van der Waals surface area contributed by atoms with E-state index in [1.807, 2.05) is 13.8 Å². The Balaban J connectivity index is 1.12. The van der Waals surface area contributed by atoms with Crippen LogP contribution in [0.25, 0.3) is 9.88 Å². The molecule has 0 amide bonds. The number of thiophene rings is 1. The Hall–Kier alpha value is -2.11. The van der Waals surface area contributed by atoms with Gasteiger partial charge in [0.1, 0.15) is 29.4 Å². The molecule has 1 saturated carbocycles. The predicted molar refractivity (Wildman–Crippen MR) is 229 cm³/mol. The number of allylic oxidation sites excluding steroid dienone is 2. The van der Waals surface area contributed by atoms with Crippen LogP contribution in [-0.2, 0) is 47.5 Å². The van der Waals surface area contributed by atoms with E-state index in [2.05, 4.69) is 56.4 Å². The summed E-state index contributed by atoms with van der Waals surface area (Å²) >= 11 is 3.41. The molecule has 60 heavy (non-hydrogen) atoms. The Morgan fingerprint density at radius 3 is 2.37 bits per heavy atom. The second-order valence-corrected chi connectivity index (χ2v) is 20.2. The minimum absolute atomic E-state index is 0.0157. The highest BCUT2D eigenvalue weighted by molar-refractivity contribution is 7.21. The Morgan fingerprint density at radius 1 is 0.900 bits per heavy atom. The number of thiazole rings is 1. The van der Waals surface area contributed by atoms with Crippen molar-refractivity contribution in [2.45, 2.75) is 165 Å². The number of aromatic nitrogens is 1. The van der Waals surface area contributed by atoms with Crippen molar-refractivity contribution in [1.82, 2.24) is 9.88 Å². The minimum Gasteiger partial charge on any atom is -0.462 e. The second kappa shape index (κ2) is 18.9. The first-order valence-corrected chi connectivity index (χ1v) is 24.0. The standard InChI is InChI=1S/C46H66N2O10S2/c1-10-26-13-11-14-34(58-37-17-16-33(48(5)6)24(3)54-37)23(2)40(50)32-21-29-28-19-27(57-46-43(53-9)42(52-8)41(51-7)25(4)55-46)20-31(28)39-44(38(29)30(32)22-36(49)56-26)60-45(47-39)35-15-12-18-59-35/h12,15,18,21,23-31,33-34,37-38,41-43,46H,10-11,13-14,16-17,19-20,22H2,1-9H3/t23-,24?,25?,26+,27+,28+,29+,30-,31-,33+,34+,37+,38-,41+,42?,43+,46+/m1/s1. The van der Waals surface area contributed by atoms with E-state index in [0.29, 0.717) is 12.5 Å². The van der Waals surface area contributed by atoms with Gasteiger partial charge in [-0.05, 0) is 108 Å². The number of fused-ring (bicyclic) bond motifs is 8. The van der Waals surface area contributed by atoms with Crippen molar-refractivity contribution in [3.05, 3.63) is 39.7 Å². The monoisotopic (exact) mass is 870 g/mol. The van der Waals surface area contributed by atoms with E-state index >= 15 is 4.79 Å². The van der Waals surface area contributed by atoms with Crippen molar-refractivity contribution in [3.8, 4) is 9.88 Å². The molecule has 3 saturated heterocycles. The molecule has 0 bridgehead atoms. The quantitative estimate of drug-likeness (QED) is 0.217. The van der Waals surface area contributed by atoms with Crippen molar-refractivity contribution in [2.75, 3.05) is 35.4 Å². The van der Waals surface area contributed by atoms with Crippen LogP contribution in [0.4, 0.5) is 0 Å². The lowest BCUT2D eigenvalue weighted by Gasteiger charge is -2.44. The number of Topliss-reactive ketones (excluding diaryl/α,β-unsaturated/α-hetero) is 1. The van der Waals surface area contributed by atoms with Gasteiger partial charge in [-0.15, -0.1) is 22.7 Å². The third-order valence-electron chi connectivity index (χ3n) is 14.6. The Morgan fingerprint density at radius 2 is 1.68 bits per heavy atom. The number of methoxy groups -OCH3 is 3. The molecule has 0 spiro atoms. The van der Waals surface area contributed by atoms with Crippen molar-refractivity contribution < 1.29 is 47.5 Å². The first-order valence-electron chi connectivity index (χ1n) is 22.3. The molecule has 4 fully saturated rings.